The predicted molar refractivity (Wildman–Crippen MR) is 81.9 cm³/mol. The van der Waals surface area contributed by atoms with Gasteiger partial charge >= 0.3 is 0 Å². The van der Waals surface area contributed by atoms with Gasteiger partial charge < -0.3 is 16.0 Å². The average Bonchev–Trinajstić information content (AvgIpc) is 2.50. The Labute approximate surface area is 125 Å². The summed E-state index contributed by atoms with van der Waals surface area (Å²) in [6.45, 7) is 6.27. The summed E-state index contributed by atoms with van der Waals surface area (Å²) >= 11 is 0. The van der Waals surface area contributed by atoms with Crippen LogP contribution in [0.1, 0.15) is 31.3 Å². The third-order valence-corrected chi connectivity index (χ3v) is 3.21. The smallest absolute Gasteiger partial charge is 0.270 e. The number of amides is 2. The number of nitrogens with one attached hydrogen (secondary N) is 3. The molecule has 6 nitrogen and oxygen atoms in total. The van der Waals surface area contributed by atoms with E-state index in [9.17, 15) is 9.59 Å². The molecule has 1 aromatic rings. The molecule has 2 amide bonds. The highest BCUT2D eigenvalue weighted by Gasteiger charge is 2.25. The molecule has 0 aromatic carbocycles. The van der Waals surface area contributed by atoms with Gasteiger partial charge in [-0.15, -0.1) is 0 Å². The van der Waals surface area contributed by atoms with E-state index in [4.69, 9.17) is 0 Å². The number of nitrogens with zero attached hydrogens (tertiary/aromatic N) is 1. The molecular weight excluding hydrogens is 268 g/mol. The fourth-order valence-corrected chi connectivity index (χ4v) is 1.71. The van der Waals surface area contributed by atoms with Gasteiger partial charge in [0.1, 0.15) is 11.7 Å². The van der Waals surface area contributed by atoms with Crippen LogP contribution in [0.4, 0.5) is 0 Å². The highest BCUT2D eigenvalue weighted by atomic mass is 16.2. The van der Waals surface area contributed by atoms with Crippen molar-refractivity contribution >= 4 is 11.8 Å². The van der Waals surface area contributed by atoms with E-state index in [2.05, 4.69) is 20.9 Å². The van der Waals surface area contributed by atoms with Crippen molar-refractivity contribution in [3.8, 4) is 0 Å². The Morgan fingerprint density at radius 1 is 1.24 bits per heavy atom. The third-order valence-electron chi connectivity index (χ3n) is 3.21. The van der Waals surface area contributed by atoms with E-state index in [0.717, 1.165) is 0 Å². The Balaban J connectivity index is 2.65. The highest BCUT2D eigenvalue weighted by molar-refractivity contribution is 5.96. The largest absolute Gasteiger partial charge is 0.353 e. The SMILES string of the molecule is CNC(C)CNC(=O)C(NC(=O)c1ccccn1)C(C)C. The number of rotatable bonds is 7. The first-order valence-electron chi connectivity index (χ1n) is 7.12. The second kappa shape index (κ2) is 8.36. The number of aromatic nitrogens is 1. The zero-order chi connectivity index (χ0) is 15.8. The molecule has 21 heavy (non-hydrogen) atoms. The van der Waals surface area contributed by atoms with Crippen molar-refractivity contribution in [2.24, 2.45) is 5.92 Å². The van der Waals surface area contributed by atoms with Crippen LogP contribution in [0.15, 0.2) is 24.4 Å². The monoisotopic (exact) mass is 292 g/mol. The van der Waals surface area contributed by atoms with Crippen molar-refractivity contribution in [2.75, 3.05) is 13.6 Å². The minimum absolute atomic E-state index is 0.0115. The molecule has 2 unspecified atom stereocenters. The van der Waals surface area contributed by atoms with Crippen LogP contribution in [-0.4, -0.2) is 42.5 Å². The third kappa shape index (κ3) is 5.51. The Bertz CT molecular complexity index is 462. The van der Waals surface area contributed by atoms with Crippen LogP contribution < -0.4 is 16.0 Å². The lowest BCUT2D eigenvalue weighted by Gasteiger charge is -2.22. The summed E-state index contributed by atoms with van der Waals surface area (Å²) in [4.78, 5) is 28.3. The second-order valence-electron chi connectivity index (χ2n) is 5.35. The molecule has 0 spiro atoms. The first-order chi connectivity index (χ1) is 9.95. The van der Waals surface area contributed by atoms with E-state index in [1.807, 2.05) is 27.8 Å². The van der Waals surface area contributed by atoms with Gasteiger partial charge in [-0.05, 0) is 32.0 Å². The van der Waals surface area contributed by atoms with Crippen molar-refractivity contribution in [1.29, 1.82) is 0 Å². The van der Waals surface area contributed by atoms with Crippen LogP contribution >= 0.6 is 0 Å². The summed E-state index contributed by atoms with van der Waals surface area (Å²) in [5, 5.41) is 8.62. The van der Waals surface area contributed by atoms with E-state index in [1.165, 1.54) is 0 Å². The lowest BCUT2D eigenvalue weighted by Crippen LogP contribution is -2.51. The number of carbonyl (C=O) groups is 2. The fraction of sp³-hybridized carbons (Fsp3) is 0.533. The molecule has 2 atom stereocenters. The Morgan fingerprint density at radius 2 is 1.95 bits per heavy atom. The summed E-state index contributed by atoms with van der Waals surface area (Å²) < 4.78 is 0. The molecule has 0 aliphatic heterocycles. The highest BCUT2D eigenvalue weighted by Crippen LogP contribution is 2.04. The lowest BCUT2D eigenvalue weighted by molar-refractivity contribution is -0.124. The molecule has 0 saturated carbocycles. The Hall–Kier alpha value is -1.95. The maximum Gasteiger partial charge on any atom is 0.270 e. The summed E-state index contributed by atoms with van der Waals surface area (Å²) in [5.41, 5.74) is 0.305. The number of pyridine rings is 1. The number of carbonyl (C=O) groups excluding carboxylic acids is 2. The van der Waals surface area contributed by atoms with E-state index >= 15 is 0 Å². The normalized spacial score (nSPS) is 13.6. The molecule has 0 aliphatic rings. The van der Waals surface area contributed by atoms with Crippen LogP contribution in [0.25, 0.3) is 0 Å². The summed E-state index contributed by atoms with van der Waals surface area (Å²) in [5.74, 6) is -0.537. The van der Waals surface area contributed by atoms with E-state index in [0.29, 0.717) is 12.2 Å². The van der Waals surface area contributed by atoms with Crippen LogP contribution in [0.2, 0.25) is 0 Å². The first kappa shape index (κ1) is 17.1. The van der Waals surface area contributed by atoms with Crippen LogP contribution in [0, 0.1) is 5.92 Å². The van der Waals surface area contributed by atoms with Crippen molar-refractivity contribution < 1.29 is 9.59 Å². The van der Waals surface area contributed by atoms with Gasteiger partial charge in [0.25, 0.3) is 5.91 Å². The van der Waals surface area contributed by atoms with E-state index in [-0.39, 0.29) is 23.8 Å². The van der Waals surface area contributed by atoms with Crippen molar-refractivity contribution in [2.45, 2.75) is 32.9 Å². The predicted octanol–water partition coefficient (Wildman–Crippen LogP) is 0.560. The molecule has 0 saturated heterocycles. The molecule has 1 aromatic heterocycles. The zero-order valence-electron chi connectivity index (χ0n) is 13.0. The Morgan fingerprint density at radius 3 is 2.48 bits per heavy atom. The van der Waals surface area contributed by atoms with Gasteiger partial charge in [0.2, 0.25) is 5.91 Å². The average molecular weight is 292 g/mol. The van der Waals surface area contributed by atoms with Crippen LogP contribution in [-0.2, 0) is 4.79 Å². The standard InChI is InChI=1S/C15H24N4O2/c1-10(2)13(15(21)18-9-11(3)16-4)19-14(20)12-7-5-6-8-17-12/h5-8,10-11,13,16H,9H2,1-4H3,(H,18,21)(H,19,20). The van der Waals surface area contributed by atoms with Gasteiger partial charge in [0, 0.05) is 18.8 Å². The molecule has 0 aliphatic carbocycles. The second-order valence-corrected chi connectivity index (χ2v) is 5.35. The minimum Gasteiger partial charge on any atom is -0.353 e. The van der Waals surface area contributed by atoms with E-state index in [1.54, 1.807) is 24.4 Å². The van der Waals surface area contributed by atoms with Gasteiger partial charge in [-0.25, -0.2) is 0 Å². The number of likely N-dealkylation sites (N-methyl/N-ethyl adjacent to an activating group) is 1. The molecular formula is C15H24N4O2. The fourth-order valence-electron chi connectivity index (χ4n) is 1.71. The quantitative estimate of drug-likeness (QED) is 0.686. The molecule has 116 valence electrons. The van der Waals surface area contributed by atoms with Crippen LogP contribution in [0.3, 0.4) is 0 Å². The van der Waals surface area contributed by atoms with Gasteiger partial charge in [0.15, 0.2) is 0 Å². The van der Waals surface area contributed by atoms with Crippen molar-refractivity contribution in [3.63, 3.8) is 0 Å². The molecule has 1 rings (SSSR count). The Kier molecular flexibility index (Phi) is 6.81. The van der Waals surface area contributed by atoms with Crippen molar-refractivity contribution in [3.05, 3.63) is 30.1 Å². The summed E-state index contributed by atoms with van der Waals surface area (Å²) in [7, 11) is 1.83. The van der Waals surface area contributed by atoms with Gasteiger partial charge in [0.05, 0.1) is 0 Å². The first-order valence-corrected chi connectivity index (χ1v) is 7.12. The lowest BCUT2D eigenvalue weighted by atomic mass is 10.0. The van der Waals surface area contributed by atoms with Crippen LogP contribution in [0.5, 0.6) is 0 Å². The van der Waals surface area contributed by atoms with E-state index < -0.39 is 6.04 Å². The molecule has 0 radical (unpaired) electrons. The number of hydrogen-bond donors (Lipinski definition) is 3. The van der Waals surface area contributed by atoms with Gasteiger partial charge in [-0.3, -0.25) is 14.6 Å². The maximum atomic E-state index is 12.2. The summed E-state index contributed by atoms with van der Waals surface area (Å²) in [6, 6.07) is 4.69. The zero-order valence-corrected chi connectivity index (χ0v) is 13.0. The molecule has 6 heteroatoms. The summed E-state index contributed by atoms with van der Waals surface area (Å²) in [6.07, 6.45) is 1.55. The van der Waals surface area contributed by atoms with Gasteiger partial charge in [-0.2, -0.15) is 0 Å². The molecule has 0 bridgehead atoms. The van der Waals surface area contributed by atoms with Crippen molar-refractivity contribution in [1.82, 2.24) is 20.9 Å². The number of hydrogen-bond acceptors (Lipinski definition) is 4. The van der Waals surface area contributed by atoms with Gasteiger partial charge in [-0.1, -0.05) is 19.9 Å². The minimum atomic E-state index is -0.580. The molecule has 0 fully saturated rings. The molecule has 1 heterocycles. The topological polar surface area (TPSA) is 83.1 Å². The molecule has 3 N–H and O–H groups in total. The maximum absolute atomic E-state index is 12.2.